The lowest BCUT2D eigenvalue weighted by Gasteiger charge is -2.13. The maximum absolute atomic E-state index is 13.2. The van der Waals surface area contributed by atoms with E-state index in [1.807, 2.05) is 45.0 Å². The summed E-state index contributed by atoms with van der Waals surface area (Å²) in [7, 11) is 0. The number of aromatic nitrogens is 3. The lowest BCUT2D eigenvalue weighted by molar-refractivity contribution is 0.0935. The lowest BCUT2D eigenvalue weighted by Crippen LogP contribution is -2.27. The van der Waals surface area contributed by atoms with Crippen molar-refractivity contribution in [1.82, 2.24) is 20.1 Å². The summed E-state index contributed by atoms with van der Waals surface area (Å²) in [6.45, 7) is 6.35. The quantitative estimate of drug-likeness (QED) is 0.488. The predicted octanol–water partition coefficient (Wildman–Crippen LogP) is 4.69. The van der Waals surface area contributed by atoms with E-state index in [9.17, 15) is 9.18 Å². The Morgan fingerprint density at radius 3 is 2.73 bits per heavy atom. The fourth-order valence-electron chi connectivity index (χ4n) is 3.53. The number of carbonyl (C=O) groups excluding carboxylic acids is 1. The lowest BCUT2D eigenvalue weighted by atomic mass is 10.1. The van der Waals surface area contributed by atoms with Gasteiger partial charge >= 0.3 is 0 Å². The zero-order valence-corrected chi connectivity index (χ0v) is 17.1. The minimum Gasteiger partial charge on any atom is -0.494 e. The van der Waals surface area contributed by atoms with Crippen LogP contribution in [0, 0.1) is 12.7 Å². The number of aromatic amines is 1. The van der Waals surface area contributed by atoms with E-state index in [0.717, 1.165) is 33.6 Å². The molecule has 6 nitrogen and oxygen atoms in total. The fourth-order valence-corrected chi connectivity index (χ4v) is 3.53. The van der Waals surface area contributed by atoms with Gasteiger partial charge in [-0.2, -0.15) is 5.10 Å². The van der Waals surface area contributed by atoms with Crippen molar-refractivity contribution in [2.75, 3.05) is 6.61 Å². The molecule has 0 aliphatic carbocycles. The number of rotatable bonds is 6. The molecule has 0 spiro atoms. The first-order valence-corrected chi connectivity index (χ1v) is 9.83. The molecule has 0 radical (unpaired) electrons. The highest BCUT2D eigenvalue weighted by atomic mass is 19.1. The molecule has 2 N–H and O–H groups in total. The summed E-state index contributed by atoms with van der Waals surface area (Å²) < 4.78 is 20.4. The molecule has 0 bridgehead atoms. The molecule has 0 aliphatic rings. The van der Waals surface area contributed by atoms with Gasteiger partial charge in [-0.3, -0.25) is 4.79 Å². The highest BCUT2D eigenvalue weighted by Crippen LogP contribution is 2.23. The highest BCUT2D eigenvalue weighted by molar-refractivity contribution is 5.98. The van der Waals surface area contributed by atoms with Gasteiger partial charge in [-0.25, -0.2) is 9.07 Å². The molecule has 1 atom stereocenters. The van der Waals surface area contributed by atoms with Gasteiger partial charge in [0, 0.05) is 28.2 Å². The average Bonchev–Trinajstić information content (AvgIpc) is 3.32. The number of carbonyl (C=O) groups is 1. The van der Waals surface area contributed by atoms with E-state index in [1.54, 1.807) is 23.0 Å². The Balaban J connectivity index is 1.52. The van der Waals surface area contributed by atoms with Crippen LogP contribution in [0.4, 0.5) is 4.39 Å². The molecule has 2 aromatic carbocycles. The molecule has 30 heavy (non-hydrogen) atoms. The molecular formula is C23H23FN4O2. The number of benzene rings is 2. The normalized spacial score (nSPS) is 12.1. The van der Waals surface area contributed by atoms with Gasteiger partial charge in [0.2, 0.25) is 0 Å². The van der Waals surface area contributed by atoms with E-state index in [0.29, 0.717) is 12.3 Å². The fraction of sp³-hybridized carbons (Fsp3) is 0.217. The van der Waals surface area contributed by atoms with Gasteiger partial charge in [0.15, 0.2) is 0 Å². The first-order valence-electron chi connectivity index (χ1n) is 9.83. The summed E-state index contributed by atoms with van der Waals surface area (Å²) in [6, 6.07) is 13.4. The van der Waals surface area contributed by atoms with Gasteiger partial charge in [0.25, 0.3) is 5.91 Å². The number of hydrogen-bond donors (Lipinski definition) is 2. The van der Waals surface area contributed by atoms with Crippen LogP contribution in [-0.4, -0.2) is 27.3 Å². The number of ether oxygens (including phenoxy) is 1. The van der Waals surface area contributed by atoms with Gasteiger partial charge in [-0.05, 0) is 63.2 Å². The topological polar surface area (TPSA) is 71.9 Å². The number of halogens is 1. The molecule has 0 saturated carbocycles. The highest BCUT2D eigenvalue weighted by Gasteiger charge is 2.18. The molecule has 0 aliphatic heterocycles. The second-order valence-electron chi connectivity index (χ2n) is 7.13. The van der Waals surface area contributed by atoms with Crippen LogP contribution < -0.4 is 10.1 Å². The number of nitrogens with one attached hydrogen (secondary N) is 2. The summed E-state index contributed by atoms with van der Waals surface area (Å²) >= 11 is 0. The summed E-state index contributed by atoms with van der Waals surface area (Å²) in [4.78, 5) is 15.9. The Kier molecular flexibility index (Phi) is 5.27. The number of nitrogens with zero attached hydrogens (tertiary/aromatic N) is 2. The second-order valence-corrected chi connectivity index (χ2v) is 7.13. The number of fused-ring (bicyclic) bond motifs is 1. The van der Waals surface area contributed by atoms with Crippen LogP contribution in [0.2, 0.25) is 0 Å². The van der Waals surface area contributed by atoms with Crippen LogP contribution in [0.25, 0.3) is 16.6 Å². The standard InChI is InChI=1S/C23H23FN4O2/c1-4-30-19-10-5-16-11-22(27-21(16)12-19)23(29)26-14(2)20-13-25-28(15(20)3)18-8-6-17(24)7-9-18/h5-14,27H,4H2,1-3H3,(H,26,29). The van der Waals surface area contributed by atoms with Crippen molar-refractivity contribution in [3.8, 4) is 11.4 Å². The molecule has 7 heteroatoms. The molecule has 154 valence electrons. The van der Waals surface area contributed by atoms with Crippen molar-refractivity contribution in [1.29, 1.82) is 0 Å². The summed E-state index contributed by atoms with van der Waals surface area (Å²) in [5.74, 6) is 0.262. The van der Waals surface area contributed by atoms with Gasteiger partial charge in [-0.1, -0.05) is 0 Å². The molecule has 4 aromatic rings. The summed E-state index contributed by atoms with van der Waals surface area (Å²) in [5.41, 5.74) is 3.86. The zero-order chi connectivity index (χ0) is 21.3. The van der Waals surface area contributed by atoms with Crippen molar-refractivity contribution >= 4 is 16.8 Å². The van der Waals surface area contributed by atoms with E-state index in [1.165, 1.54) is 12.1 Å². The van der Waals surface area contributed by atoms with Crippen LogP contribution in [0.1, 0.15) is 41.6 Å². The summed E-state index contributed by atoms with van der Waals surface area (Å²) in [5, 5.41) is 8.35. The van der Waals surface area contributed by atoms with Crippen molar-refractivity contribution < 1.29 is 13.9 Å². The SMILES string of the molecule is CCOc1ccc2cc(C(=O)NC(C)c3cnn(-c4ccc(F)cc4)c3C)[nH]c2c1. The molecule has 2 aromatic heterocycles. The molecule has 0 saturated heterocycles. The van der Waals surface area contributed by atoms with Gasteiger partial charge in [-0.15, -0.1) is 0 Å². The minimum absolute atomic E-state index is 0.203. The van der Waals surface area contributed by atoms with Gasteiger partial charge < -0.3 is 15.0 Å². The monoisotopic (exact) mass is 406 g/mol. The van der Waals surface area contributed by atoms with Crippen molar-refractivity contribution in [2.45, 2.75) is 26.8 Å². The van der Waals surface area contributed by atoms with E-state index in [2.05, 4.69) is 15.4 Å². The smallest absolute Gasteiger partial charge is 0.268 e. The maximum atomic E-state index is 13.2. The van der Waals surface area contributed by atoms with Crippen molar-refractivity contribution in [3.05, 3.63) is 77.5 Å². The van der Waals surface area contributed by atoms with E-state index < -0.39 is 0 Å². The number of hydrogen-bond acceptors (Lipinski definition) is 3. The third-order valence-electron chi connectivity index (χ3n) is 5.08. The first kappa shape index (κ1) is 19.7. The molecule has 1 amide bonds. The zero-order valence-electron chi connectivity index (χ0n) is 17.1. The van der Waals surface area contributed by atoms with Gasteiger partial charge in [0.05, 0.1) is 24.5 Å². The third kappa shape index (κ3) is 3.78. The van der Waals surface area contributed by atoms with Crippen LogP contribution in [0.15, 0.2) is 54.7 Å². The van der Waals surface area contributed by atoms with Crippen LogP contribution >= 0.6 is 0 Å². The van der Waals surface area contributed by atoms with E-state index in [-0.39, 0.29) is 17.8 Å². The summed E-state index contributed by atoms with van der Waals surface area (Å²) in [6.07, 6.45) is 1.73. The molecule has 1 unspecified atom stereocenters. The van der Waals surface area contributed by atoms with E-state index >= 15 is 0 Å². The van der Waals surface area contributed by atoms with Crippen molar-refractivity contribution in [2.24, 2.45) is 0 Å². The predicted molar refractivity (Wildman–Crippen MR) is 114 cm³/mol. The Bertz CT molecular complexity index is 1190. The molecule has 2 heterocycles. The number of H-pyrrole nitrogens is 1. The van der Waals surface area contributed by atoms with Crippen LogP contribution in [0.3, 0.4) is 0 Å². The largest absolute Gasteiger partial charge is 0.494 e. The van der Waals surface area contributed by atoms with Crippen LogP contribution in [0.5, 0.6) is 5.75 Å². The number of amides is 1. The first-order chi connectivity index (χ1) is 14.5. The Hall–Kier alpha value is -3.61. The molecular weight excluding hydrogens is 383 g/mol. The Labute approximate surface area is 173 Å². The van der Waals surface area contributed by atoms with Crippen molar-refractivity contribution in [3.63, 3.8) is 0 Å². The minimum atomic E-state index is -0.295. The van der Waals surface area contributed by atoms with E-state index in [4.69, 9.17) is 4.74 Å². The Morgan fingerprint density at radius 1 is 1.23 bits per heavy atom. The average molecular weight is 406 g/mol. The van der Waals surface area contributed by atoms with Gasteiger partial charge in [0.1, 0.15) is 17.3 Å². The van der Waals surface area contributed by atoms with Crippen LogP contribution in [-0.2, 0) is 0 Å². The second kappa shape index (κ2) is 8.02. The molecule has 0 fully saturated rings. The molecule has 4 rings (SSSR count). The maximum Gasteiger partial charge on any atom is 0.268 e. The third-order valence-corrected chi connectivity index (χ3v) is 5.08. The Morgan fingerprint density at radius 2 is 2.00 bits per heavy atom.